The molecule has 0 aromatic heterocycles. The molecule has 3 aromatic rings. The number of para-hydroxylation sites is 2. The molecule has 0 fully saturated rings. The van der Waals surface area contributed by atoms with Gasteiger partial charge in [0.05, 0.1) is 11.4 Å². The Labute approximate surface area is 243 Å². The van der Waals surface area contributed by atoms with Gasteiger partial charge < -0.3 is 20.8 Å². The fourth-order valence-electron chi connectivity index (χ4n) is 4.84. The number of hydrogen-bond donors (Lipinski definition) is 4. The van der Waals surface area contributed by atoms with Gasteiger partial charge in [0.1, 0.15) is 11.5 Å². The van der Waals surface area contributed by atoms with E-state index < -0.39 is 0 Å². The van der Waals surface area contributed by atoms with Crippen LogP contribution in [0.1, 0.15) is 116 Å². The molecule has 0 saturated carbocycles. The third-order valence-electron chi connectivity index (χ3n) is 7.59. The maximum absolute atomic E-state index is 11.2. The van der Waals surface area contributed by atoms with Crippen LogP contribution < -0.4 is 10.6 Å². The van der Waals surface area contributed by atoms with Gasteiger partial charge in [0.25, 0.3) is 0 Å². The topological polar surface area (TPSA) is 64.5 Å². The first kappa shape index (κ1) is 31.4. The van der Waals surface area contributed by atoms with E-state index in [0.717, 1.165) is 33.6 Å². The van der Waals surface area contributed by atoms with Crippen LogP contribution in [0.5, 0.6) is 11.5 Å². The van der Waals surface area contributed by atoms with E-state index in [1.54, 1.807) is 0 Å². The Balaban J connectivity index is 1.92. The number of anilines is 2. The Morgan fingerprint density at radius 2 is 0.825 bits per heavy atom. The van der Waals surface area contributed by atoms with Gasteiger partial charge in [-0.15, -0.1) is 0 Å². The summed E-state index contributed by atoms with van der Waals surface area (Å²) in [6, 6.07) is 16.7. The number of benzene rings is 3. The Kier molecular flexibility index (Phi) is 8.65. The van der Waals surface area contributed by atoms with Crippen molar-refractivity contribution in [2.45, 2.75) is 118 Å². The molecule has 0 amide bonds. The van der Waals surface area contributed by atoms with Crippen molar-refractivity contribution >= 4 is 11.4 Å². The summed E-state index contributed by atoms with van der Waals surface area (Å²) in [7, 11) is 0. The van der Waals surface area contributed by atoms with E-state index in [4.69, 9.17) is 0 Å². The summed E-state index contributed by atoms with van der Waals surface area (Å²) in [6.07, 6.45) is 0. The highest BCUT2D eigenvalue weighted by Crippen LogP contribution is 2.40. The predicted octanol–water partition coefficient (Wildman–Crippen LogP) is 9.51. The lowest BCUT2D eigenvalue weighted by Gasteiger charge is -2.28. The van der Waals surface area contributed by atoms with Gasteiger partial charge in [0.15, 0.2) is 0 Å². The smallest absolute Gasteiger partial charge is 0.124 e. The molecule has 0 unspecified atom stereocenters. The van der Waals surface area contributed by atoms with Crippen LogP contribution in [0.25, 0.3) is 0 Å². The molecule has 0 radical (unpaired) electrons. The first-order chi connectivity index (χ1) is 18.2. The summed E-state index contributed by atoms with van der Waals surface area (Å²) in [5.41, 5.74) is 7.61. The van der Waals surface area contributed by atoms with Gasteiger partial charge in [0, 0.05) is 24.2 Å². The molecule has 3 aromatic carbocycles. The minimum absolute atomic E-state index is 0.0303. The van der Waals surface area contributed by atoms with Crippen molar-refractivity contribution in [3.8, 4) is 11.5 Å². The molecule has 218 valence electrons. The molecule has 0 atom stereocenters. The maximum Gasteiger partial charge on any atom is 0.124 e. The standard InChI is InChI=1S/C36H52N2O2/c1-33(2,3)25-17-23(31(39)27(19-25)35(7,8)9)21-37-29-15-13-14-16-30(29)38-22-24-18-26(34(4,5)6)20-28(32(24)40)36(10,11)12/h13-20,37-40H,21-22H2,1-12H3. The molecule has 0 aliphatic carbocycles. The minimum Gasteiger partial charge on any atom is -0.507 e. The summed E-state index contributed by atoms with van der Waals surface area (Å²) < 4.78 is 0. The molecule has 0 bridgehead atoms. The Morgan fingerprint density at radius 1 is 0.500 bits per heavy atom. The van der Waals surface area contributed by atoms with E-state index >= 15 is 0 Å². The normalized spacial score (nSPS) is 12.9. The van der Waals surface area contributed by atoms with Crippen molar-refractivity contribution in [2.24, 2.45) is 0 Å². The average molecular weight is 545 g/mol. The van der Waals surface area contributed by atoms with Crippen molar-refractivity contribution < 1.29 is 10.2 Å². The monoisotopic (exact) mass is 544 g/mol. The third kappa shape index (κ3) is 7.33. The van der Waals surface area contributed by atoms with E-state index in [1.165, 1.54) is 11.1 Å². The molecule has 0 aliphatic rings. The summed E-state index contributed by atoms with van der Waals surface area (Å²) >= 11 is 0. The zero-order valence-electron chi connectivity index (χ0n) is 26.9. The molecule has 4 nitrogen and oxygen atoms in total. The molecular weight excluding hydrogens is 492 g/mol. The van der Waals surface area contributed by atoms with E-state index in [0.29, 0.717) is 24.6 Å². The molecule has 0 saturated heterocycles. The highest BCUT2D eigenvalue weighted by atomic mass is 16.3. The Morgan fingerprint density at radius 3 is 1.10 bits per heavy atom. The summed E-state index contributed by atoms with van der Waals surface area (Å²) in [5, 5.41) is 29.6. The van der Waals surface area contributed by atoms with Gasteiger partial charge in [-0.05, 0) is 68.2 Å². The lowest BCUT2D eigenvalue weighted by atomic mass is 9.79. The zero-order valence-corrected chi connectivity index (χ0v) is 26.9. The molecule has 0 spiro atoms. The summed E-state index contributed by atoms with van der Waals surface area (Å²) in [5.74, 6) is 0.717. The van der Waals surface area contributed by atoms with Crippen LogP contribution in [0, 0.1) is 0 Å². The largest absolute Gasteiger partial charge is 0.507 e. The van der Waals surface area contributed by atoms with Crippen molar-refractivity contribution in [1.29, 1.82) is 0 Å². The molecule has 0 heterocycles. The number of phenols is 2. The van der Waals surface area contributed by atoms with Crippen LogP contribution in [-0.4, -0.2) is 10.2 Å². The Hall–Kier alpha value is -3.14. The molecule has 0 aliphatic heterocycles. The summed E-state index contributed by atoms with van der Waals surface area (Å²) in [6.45, 7) is 27.1. The zero-order chi connectivity index (χ0) is 30.3. The van der Waals surface area contributed by atoms with Crippen LogP contribution in [0.3, 0.4) is 0 Å². The first-order valence-corrected chi connectivity index (χ1v) is 14.5. The van der Waals surface area contributed by atoms with Crippen molar-refractivity contribution in [1.82, 2.24) is 0 Å². The highest BCUT2D eigenvalue weighted by Gasteiger charge is 2.26. The van der Waals surface area contributed by atoms with Crippen LogP contribution in [-0.2, 0) is 34.7 Å². The second kappa shape index (κ2) is 11.0. The number of rotatable bonds is 6. The second-order valence-corrected chi connectivity index (χ2v) is 15.3. The van der Waals surface area contributed by atoms with Gasteiger partial charge in [-0.25, -0.2) is 0 Å². The highest BCUT2D eigenvalue weighted by molar-refractivity contribution is 5.69. The maximum atomic E-state index is 11.2. The molecule has 4 N–H and O–H groups in total. The van der Waals surface area contributed by atoms with Crippen molar-refractivity contribution in [2.75, 3.05) is 10.6 Å². The van der Waals surface area contributed by atoms with E-state index in [-0.39, 0.29) is 21.7 Å². The van der Waals surface area contributed by atoms with E-state index in [9.17, 15) is 10.2 Å². The third-order valence-corrected chi connectivity index (χ3v) is 7.59. The van der Waals surface area contributed by atoms with Gasteiger partial charge in [-0.2, -0.15) is 0 Å². The lowest BCUT2D eigenvalue weighted by Crippen LogP contribution is -2.18. The number of phenolic OH excluding ortho intramolecular Hbond substituents is 2. The van der Waals surface area contributed by atoms with Crippen LogP contribution >= 0.6 is 0 Å². The van der Waals surface area contributed by atoms with Crippen molar-refractivity contribution in [3.63, 3.8) is 0 Å². The fraction of sp³-hybridized carbons (Fsp3) is 0.500. The second-order valence-electron chi connectivity index (χ2n) is 15.3. The van der Waals surface area contributed by atoms with Crippen LogP contribution in [0.4, 0.5) is 11.4 Å². The van der Waals surface area contributed by atoms with Gasteiger partial charge in [0.2, 0.25) is 0 Å². The number of aromatic hydroxyl groups is 2. The van der Waals surface area contributed by atoms with Crippen LogP contribution in [0.15, 0.2) is 48.5 Å². The predicted molar refractivity (Wildman–Crippen MR) is 172 cm³/mol. The molecule has 3 rings (SSSR count). The SMILES string of the molecule is CC(C)(C)c1cc(CNc2ccccc2NCc2cc(C(C)(C)C)cc(C(C)(C)C)c2O)c(O)c(C(C)(C)C)c1. The average Bonchev–Trinajstić information content (AvgIpc) is 2.80. The summed E-state index contributed by atoms with van der Waals surface area (Å²) in [4.78, 5) is 0. The minimum atomic E-state index is -0.172. The lowest BCUT2D eigenvalue weighted by molar-refractivity contribution is 0.438. The molecular formula is C36H52N2O2. The van der Waals surface area contributed by atoms with E-state index in [1.807, 2.05) is 24.3 Å². The van der Waals surface area contributed by atoms with Crippen molar-refractivity contribution in [3.05, 3.63) is 81.9 Å². The first-order valence-electron chi connectivity index (χ1n) is 14.5. The molecule has 40 heavy (non-hydrogen) atoms. The quantitative estimate of drug-likeness (QED) is 0.249. The Bertz CT molecular complexity index is 1240. The number of nitrogens with one attached hydrogen (secondary N) is 2. The van der Waals surface area contributed by atoms with Gasteiger partial charge >= 0.3 is 0 Å². The van der Waals surface area contributed by atoms with Gasteiger partial charge in [-0.1, -0.05) is 107 Å². The molecule has 4 heteroatoms. The van der Waals surface area contributed by atoms with Crippen LogP contribution in [0.2, 0.25) is 0 Å². The fourth-order valence-corrected chi connectivity index (χ4v) is 4.84. The number of hydrogen-bond acceptors (Lipinski definition) is 4. The van der Waals surface area contributed by atoms with Gasteiger partial charge in [-0.3, -0.25) is 0 Å². The van der Waals surface area contributed by atoms with E-state index in [2.05, 4.69) is 118 Å².